The molecule has 0 atom stereocenters. The SMILES string of the molecule is C=C/C=C\C(=C)/C(N)=C\C=C. The molecule has 0 spiro atoms. The molecule has 0 saturated carbocycles. The van der Waals surface area contributed by atoms with E-state index in [-0.39, 0.29) is 0 Å². The predicted octanol–water partition coefficient (Wildman–Crippen LogP) is 2.31. The van der Waals surface area contributed by atoms with Gasteiger partial charge in [0.15, 0.2) is 0 Å². The summed E-state index contributed by atoms with van der Waals surface area (Å²) in [4.78, 5) is 0. The molecule has 0 fully saturated rings. The first-order valence-corrected chi connectivity index (χ1v) is 3.29. The van der Waals surface area contributed by atoms with Crippen molar-refractivity contribution in [2.75, 3.05) is 0 Å². The Morgan fingerprint density at radius 2 is 1.82 bits per heavy atom. The first-order valence-electron chi connectivity index (χ1n) is 3.29. The highest BCUT2D eigenvalue weighted by Crippen LogP contribution is 2.02. The molecular weight excluding hydrogens is 134 g/mol. The van der Waals surface area contributed by atoms with Crippen LogP contribution in [0, 0.1) is 0 Å². The number of hydrogen-bond donors (Lipinski definition) is 1. The van der Waals surface area contributed by atoms with Crippen molar-refractivity contribution in [1.29, 1.82) is 0 Å². The molecule has 0 aliphatic carbocycles. The van der Waals surface area contributed by atoms with Gasteiger partial charge in [0, 0.05) is 5.70 Å². The van der Waals surface area contributed by atoms with Crippen molar-refractivity contribution in [3.8, 4) is 0 Å². The third-order valence-corrected chi connectivity index (χ3v) is 1.10. The monoisotopic (exact) mass is 147 g/mol. The summed E-state index contributed by atoms with van der Waals surface area (Å²) in [6.45, 7) is 10.8. The molecular formula is C10H13N. The van der Waals surface area contributed by atoms with Crippen LogP contribution in [-0.4, -0.2) is 0 Å². The van der Waals surface area contributed by atoms with Crippen molar-refractivity contribution in [3.05, 3.63) is 61.4 Å². The molecule has 0 heterocycles. The molecule has 0 unspecified atom stereocenters. The van der Waals surface area contributed by atoms with Gasteiger partial charge in [0.25, 0.3) is 0 Å². The Hall–Kier alpha value is -1.50. The van der Waals surface area contributed by atoms with E-state index in [1.54, 1.807) is 30.4 Å². The lowest BCUT2D eigenvalue weighted by Gasteiger charge is -1.96. The molecule has 2 N–H and O–H groups in total. The van der Waals surface area contributed by atoms with Crippen molar-refractivity contribution in [2.24, 2.45) is 5.73 Å². The maximum Gasteiger partial charge on any atom is 0.0381 e. The third-order valence-electron chi connectivity index (χ3n) is 1.10. The molecule has 0 radical (unpaired) electrons. The fourth-order valence-electron chi connectivity index (χ4n) is 0.514. The summed E-state index contributed by atoms with van der Waals surface area (Å²) in [6.07, 6.45) is 8.58. The summed E-state index contributed by atoms with van der Waals surface area (Å²) in [5, 5.41) is 0. The second-order valence-corrected chi connectivity index (χ2v) is 1.98. The van der Waals surface area contributed by atoms with Crippen LogP contribution in [0.1, 0.15) is 0 Å². The van der Waals surface area contributed by atoms with Gasteiger partial charge in [-0.25, -0.2) is 0 Å². The van der Waals surface area contributed by atoms with E-state index in [4.69, 9.17) is 5.73 Å². The highest BCUT2D eigenvalue weighted by atomic mass is 14.6. The minimum atomic E-state index is 0.623. The number of hydrogen-bond acceptors (Lipinski definition) is 1. The largest absolute Gasteiger partial charge is 0.398 e. The first kappa shape index (κ1) is 9.50. The lowest BCUT2D eigenvalue weighted by Crippen LogP contribution is -1.97. The number of rotatable bonds is 4. The minimum absolute atomic E-state index is 0.623. The standard InChI is InChI=1S/C10H13N/c1-4-6-8-9(3)10(11)7-5-2/h4-8H,1-3,11H2/b8-6-,10-7+. The van der Waals surface area contributed by atoms with Gasteiger partial charge < -0.3 is 5.73 Å². The number of allylic oxidation sites excluding steroid dienone is 5. The van der Waals surface area contributed by atoms with E-state index in [0.717, 1.165) is 5.57 Å². The molecule has 0 rings (SSSR count). The average molecular weight is 147 g/mol. The van der Waals surface area contributed by atoms with E-state index in [1.165, 1.54) is 0 Å². The number of nitrogens with two attached hydrogens (primary N) is 1. The highest BCUT2D eigenvalue weighted by molar-refractivity contribution is 5.37. The predicted molar refractivity (Wildman–Crippen MR) is 50.9 cm³/mol. The zero-order valence-electron chi connectivity index (χ0n) is 6.59. The normalized spacial score (nSPS) is 11.5. The second-order valence-electron chi connectivity index (χ2n) is 1.98. The lowest BCUT2D eigenvalue weighted by atomic mass is 10.2. The molecule has 0 aromatic carbocycles. The lowest BCUT2D eigenvalue weighted by molar-refractivity contribution is 1.36. The minimum Gasteiger partial charge on any atom is -0.398 e. The van der Waals surface area contributed by atoms with Crippen LogP contribution >= 0.6 is 0 Å². The van der Waals surface area contributed by atoms with Crippen LogP contribution in [-0.2, 0) is 0 Å². The van der Waals surface area contributed by atoms with E-state index in [1.807, 2.05) is 0 Å². The van der Waals surface area contributed by atoms with Crippen LogP contribution in [0.3, 0.4) is 0 Å². The van der Waals surface area contributed by atoms with E-state index in [9.17, 15) is 0 Å². The Morgan fingerprint density at radius 3 is 2.27 bits per heavy atom. The van der Waals surface area contributed by atoms with E-state index in [2.05, 4.69) is 19.7 Å². The summed E-state index contributed by atoms with van der Waals surface area (Å²) in [7, 11) is 0. The summed E-state index contributed by atoms with van der Waals surface area (Å²) in [6, 6.07) is 0. The van der Waals surface area contributed by atoms with Crippen LogP contribution in [0.15, 0.2) is 61.4 Å². The molecule has 0 amide bonds. The van der Waals surface area contributed by atoms with Gasteiger partial charge in [-0.2, -0.15) is 0 Å². The van der Waals surface area contributed by atoms with Gasteiger partial charge in [0.1, 0.15) is 0 Å². The average Bonchev–Trinajstić information content (AvgIpc) is 2.00. The second kappa shape index (κ2) is 5.30. The third kappa shape index (κ3) is 3.98. The maximum absolute atomic E-state index is 5.57. The molecule has 0 aliphatic heterocycles. The first-order chi connectivity index (χ1) is 5.22. The van der Waals surface area contributed by atoms with Gasteiger partial charge in [-0.15, -0.1) is 0 Å². The fraction of sp³-hybridized carbons (Fsp3) is 0. The Kier molecular flexibility index (Phi) is 4.58. The Labute approximate surface area is 67.9 Å². The van der Waals surface area contributed by atoms with E-state index in [0.29, 0.717) is 5.70 Å². The van der Waals surface area contributed by atoms with Gasteiger partial charge in [-0.3, -0.25) is 0 Å². The molecule has 0 bridgehead atoms. The van der Waals surface area contributed by atoms with Crippen molar-refractivity contribution in [3.63, 3.8) is 0 Å². The Balaban J connectivity index is 4.24. The van der Waals surface area contributed by atoms with E-state index < -0.39 is 0 Å². The summed E-state index contributed by atoms with van der Waals surface area (Å²) >= 11 is 0. The van der Waals surface area contributed by atoms with Crippen molar-refractivity contribution in [2.45, 2.75) is 0 Å². The van der Waals surface area contributed by atoms with E-state index >= 15 is 0 Å². The van der Waals surface area contributed by atoms with Crippen LogP contribution in [0.5, 0.6) is 0 Å². The zero-order chi connectivity index (χ0) is 8.69. The molecule has 0 saturated heterocycles. The summed E-state index contributed by atoms with van der Waals surface area (Å²) in [5.74, 6) is 0. The van der Waals surface area contributed by atoms with Gasteiger partial charge in [-0.1, -0.05) is 44.0 Å². The summed E-state index contributed by atoms with van der Waals surface area (Å²) < 4.78 is 0. The van der Waals surface area contributed by atoms with Gasteiger partial charge in [0.2, 0.25) is 0 Å². The van der Waals surface area contributed by atoms with Gasteiger partial charge >= 0.3 is 0 Å². The molecule has 0 aromatic rings. The smallest absolute Gasteiger partial charge is 0.0381 e. The molecule has 1 nitrogen and oxygen atoms in total. The van der Waals surface area contributed by atoms with Crippen molar-refractivity contribution < 1.29 is 0 Å². The highest BCUT2D eigenvalue weighted by Gasteiger charge is 1.88. The molecule has 58 valence electrons. The maximum atomic E-state index is 5.57. The Morgan fingerprint density at radius 1 is 1.18 bits per heavy atom. The summed E-state index contributed by atoms with van der Waals surface area (Å²) in [5.41, 5.74) is 6.96. The van der Waals surface area contributed by atoms with Crippen LogP contribution in [0.4, 0.5) is 0 Å². The van der Waals surface area contributed by atoms with Gasteiger partial charge in [-0.05, 0) is 11.6 Å². The molecule has 0 aliphatic rings. The Bertz CT molecular complexity index is 219. The van der Waals surface area contributed by atoms with Crippen molar-refractivity contribution >= 4 is 0 Å². The zero-order valence-corrected chi connectivity index (χ0v) is 6.59. The topological polar surface area (TPSA) is 26.0 Å². The van der Waals surface area contributed by atoms with Crippen LogP contribution in [0.2, 0.25) is 0 Å². The molecule has 0 aromatic heterocycles. The van der Waals surface area contributed by atoms with Crippen LogP contribution in [0.25, 0.3) is 0 Å². The van der Waals surface area contributed by atoms with Crippen LogP contribution < -0.4 is 5.73 Å². The van der Waals surface area contributed by atoms with Gasteiger partial charge in [0.05, 0.1) is 0 Å². The quantitative estimate of drug-likeness (QED) is 0.607. The molecule has 1 heteroatoms. The fourth-order valence-corrected chi connectivity index (χ4v) is 0.514. The molecule has 11 heavy (non-hydrogen) atoms. The van der Waals surface area contributed by atoms with Crippen molar-refractivity contribution in [1.82, 2.24) is 0 Å².